The fourth-order valence-corrected chi connectivity index (χ4v) is 5.19. The molecule has 0 fully saturated rings. The average molecular weight is 590 g/mol. The summed E-state index contributed by atoms with van der Waals surface area (Å²) in [4.78, 5) is 20.7. The van der Waals surface area contributed by atoms with Gasteiger partial charge in [-0.05, 0) is 42.1 Å². The molecule has 5 aromatic heterocycles. The normalized spacial score (nSPS) is 13.0. The highest BCUT2D eigenvalue weighted by molar-refractivity contribution is 8.00. The van der Waals surface area contributed by atoms with Crippen LogP contribution in [-0.4, -0.2) is 53.4 Å². The Bertz CT molecular complexity index is 1910. The van der Waals surface area contributed by atoms with Crippen molar-refractivity contribution in [2.75, 3.05) is 5.75 Å². The highest BCUT2D eigenvalue weighted by Gasteiger charge is 2.34. The molecule has 0 N–H and O–H groups in total. The van der Waals surface area contributed by atoms with E-state index in [9.17, 15) is 39.6 Å². The van der Waals surface area contributed by atoms with E-state index in [2.05, 4.69) is 20.2 Å². The maximum atomic E-state index is 13.1. The minimum Gasteiger partial charge on any atom is -0.250 e. The van der Waals surface area contributed by atoms with E-state index in [0.717, 1.165) is 44.2 Å². The van der Waals surface area contributed by atoms with Gasteiger partial charge < -0.3 is 0 Å². The van der Waals surface area contributed by atoms with Gasteiger partial charge in [0.1, 0.15) is 5.69 Å². The highest BCUT2D eigenvalue weighted by atomic mass is 32.2. The van der Waals surface area contributed by atoms with Crippen molar-refractivity contribution in [3.8, 4) is 17.2 Å². The molecule has 0 aromatic carbocycles. The van der Waals surface area contributed by atoms with Gasteiger partial charge in [-0.15, -0.1) is 5.10 Å². The zero-order valence-corrected chi connectivity index (χ0v) is 20.9. The van der Waals surface area contributed by atoms with Crippen LogP contribution in [0.3, 0.4) is 0 Å². The van der Waals surface area contributed by atoms with Crippen LogP contribution in [0.5, 0.6) is 0 Å². The first kappa shape index (κ1) is 26.7. The Labute approximate surface area is 217 Å². The zero-order chi connectivity index (χ0) is 28.3. The number of hydrogen-bond donors (Lipinski definition) is 0. The molecule has 0 aliphatic carbocycles. The lowest BCUT2D eigenvalue weighted by Crippen LogP contribution is -2.21. The summed E-state index contributed by atoms with van der Waals surface area (Å²) in [5, 5.41) is 7.41. The van der Waals surface area contributed by atoms with Gasteiger partial charge in [0.05, 0.1) is 16.3 Å². The molecule has 5 heterocycles. The molecule has 0 amide bonds. The zero-order valence-electron chi connectivity index (χ0n) is 19.3. The first-order valence-corrected chi connectivity index (χ1v) is 13.2. The molecular formula is C21H13F6N7O3S2. The first-order valence-electron chi connectivity index (χ1n) is 10.7. The summed E-state index contributed by atoms with van der Waals surface area (Å²) in [6, 6.07) is 6.30. The molecule has 0 saturated heterocycles. The Hall–Kier alpha value is -3.93. The number of alkyl halides is 6. The predicted molar refractivity (Wildman–Crippen MR) is 125 cm³/mol. The number of nitrogens with zero attached hydrogens (tertiary/aromatic N) is 7. The molecule has 5 rings (SSSR count). The molecule has 0 radical (unpaired) electrons. The lowest BCUT2D eigenvalue weighted by molar-refractivity contribution is -0.141. The maximum Gasteiger partial charge on any atom is 0.446 e. The third kappa shape index (κ3) is 5.08. The highest BCUT2D eigenvalue weighted by Crippen LogP contribution is 2.37. The van der Waals surface area contributed by atoms with E-state index >= 15 is 0 Å². The average Bonchev–Trinajstić information content (AvgIpc) is 3.43. The minimum atomic E-state index is -4.74. The van der Waals surface area contributed by atoms with Gasteiger partial charge in [-0.25, -0.2) is 32.1 Å². The second-order valence-electron chi connectivity index (χ2n) is 7.90. The number of aromatic nitrogens is 7. The maximum absolute atomic E-state index is 13.1. The second kappa shape index (κ2) is 9.08. The van der Waals surface area contributed by atoms with Crippen LogP contribution in [-0.2, 0) is 16.0 Å². The fourth-order valence-electron chi connectivity index (χ4n) is 3.60. The summed E-state index contributed by atoms with van der Waals surface area (Å²) in [6.07, 6.45) is -2.51. The van der Waals surface area contributed by atoms with E-state index in [0.29, 0.717) is 6.07 Å². The molecule has 0 unspecified atom stereocenters. The van der Waals surface area contributed by atoms with E-state index in [1.165, 1.54) is 19.1 Å². The van der Waals surface area contributed by atoms with Crippen molar-refractivity contribution in [1.29, 1.82) is 0 Å². The van der Waals surface area contributed by atoms with Crippen LogP contribution in [0, 0.1) is 0 Å². The SMILES string of the molecule is CCS(=O)(=O)c1ccc(-n2nc3cc(SC(F)(F)F)ccn3c2=O)nc1-c1ccn2nc(C(F)(F)F)cc2n1. The largest absolute Gasteiger partial charge is 0.446 e. The van der Waals surface area contributed by atoms with Crippen molar-refractivity contribution in [2.24, 2.45) is 0 Å². The van der Waals surface area contributed by atoms with E-state index in [1.807, 2.05) is 0 Å². The molecule has 18 heteroatoms. The van der Waals surface area contributed by atoms with Gasteiger partial charge in [-0.3, -0.25) is 0 Å². The van der Waals surface area contributed by atoms with Gasteiger partial charge >= 0.3 is 17.4 Å². The standard InChI is InChI=1S/C21H13F6N7O3S2/c1-2-39(36,37)13-3-4-15(34-19(35)32-7-5-11(9-17(32)31-34)38-21(25,26)27)29-18(13)12-6-8-33-16(28-12)10-14(30-33)20(22,23)24/h3-10H,2H2,1H3. The molecular weight excluding hydrogens is 576 g/mol. The van der Waals surface area contributed by atoms with Gasteiger partial charge in [-0.1, -0.05) is 6.92 Å². The Balaban J connectivity index is 1.68. The van der Waals surface area contributed by atoms with Crippen molar-refractivity contribution >= 4 is 32.9 Å². The van der Waals surface area contributed by atoms with Crippen LogP contribution in [0.4, 0.5) is 26.3 Å². The minimum absolute atomic E-state index is 0.134. The molecule has 0 aliphatic rings. The van der Waals surface area contributed by atoms with E-state index < -0.39 is 44.7 Å². The van der Waals surface area contributed by atoms with Crippen LogP contribution in [0.25, 0.3) is 28.5 Å². The molecule has 204 valence electrons. The number of halogens is 6. The Kier molecular flexibility index (Phi) is 6.21. The van der Waals surface area contributed by atoms with Crippen molar-refractivity contribution < 1.29 is 34.8 Å². The molecule has 0 bridgehead atoms. The van der Waals surface area contributed by atoms with E-state index in [1.54, 1.807) is 0 Å². The lowest BCUT2D eigenvalue weighted by Gasteiger charge is -2.10. The van der Waals surface area contributed by atoms with Crippen LogP contribution < -0.4 is 5.69 Å². The second-order valence-corrected chi connectivity index (χ2v) is 11.3. The summed E-state index contributed by atoms with van der Waals surface area (Å²) in [6.45, 7) is 1.37. The van der Waals surface area contributed by atoms with Crippen LogP contribution in [0.2, 0.25) is 0 Å². The van der Waals surface area contributed by atoms with Gasteiger partial charge in [0.2, 0.25) is 0 Å². The lowest BCUT2D eigenvalue weighted by atomic mass is 10.2. The molecule has 10 nitrogen and oxygen atoms in total. The quantitative estimate of drug-likeness (QED) is 0.223. The predicted octanol–water partition coefficient (Wildman–Crippen LogP) is 4.01. The van der Waals surface area contributed by atoms with Crippen molar-refractivity contribution in [3.05, 3.63) is 65.0 Å². The Morgan fingerprint density at radius 3 is 2.33 bits per heavy atom. The number of hydrogen-bond acceptors (Lipinski definition) is 8. The topological polar surface area (TPSA) is 117 Å². The third-order valence-electron chi connectivity index (χ3n) is 5.36. The summed E-state index contributed by atoms with van der Waals surface area (Å²) in [5.41, 5.74) is -7.38. The number of thioether (sulfide) groups is 1. The van der Waals surface area contributed by atoms with Gasteiger partial charge in [0.25, 0.3) is 0 Å². The summed E-state index contributed by atoms with van der Waals surface area (Å²) >= 11 is -0.395. The smallest absolute Gasteiger partial charge is 0.250 e. The van der Waals surface area contributed by atoms with E-state index in [4.69, 9.17) is 0 Å². The van der Waals surface area contributed by atoms with Gasteiger partial charge in [-0.2, -0.15) is 36.1 Å². The number of fused-ring (bicyclic) bond motifs is 2. The molecule has 39 heavy (non-hydrogen) atoms. The third-order valence-corrected chi connectivity index (χ3v) is 7.84. The van der Waals surface area contributed by atoms with Gasteiger partial charge in [0, 0.05) is 23.4 Å². The molecule has 0 aliphatic heterocycles. The number of sulfone groups is 1. The molecule has 5 aromatic rings. The Morgan fingerprint density at radius 2 is 1.67 bits per heavy atom. The molecule has 0 atom stereocenters. The fraction of sp³-hybridized carbons (Fsp3) is 0.190. The van der Waals surface area contributed by atoms with Crippen molar-refractivity contribution in [3.63, 3.8) is 0 Å². The number of pyridine rings is 2. The molecule has 0 saturated carbocycles. The first-order chi connectivity index (χ1) is 18.2. The van der Waals surface area contributed by atoms with Crippen LogP contribution >= 0.6 is 11.8 Å². The summed E-state index contributed by atoms with van der Waals surface area (Å²) < 4.78 is 106. The van der Waals surface area contributed by atoms with E-state index in [-0.39, 0.29) is 44.0 Å². The van der Waals surface area contributed by atoms with Gasteiger partial charge in [0.15, 0.2) is 32.6 Å². The van der Waals surface area contributed by atoms with Crippen molar-refractivity contribution in [1.82, 2.24) is 33.8 Å². The summed E-state index contributed by atoms with van der Waals surface area (Å²) in [7, 11) is -3.93. The molecule has 0 spiro atoms. The summed E-state index contributed by atoms with van der Waals surface area (Å²) in [5.74, 6) is -0.549. The Morgan fingerprint density at radius 1 is 0.923 bits per heavy atom. The van der Waals surface area contributed by atoms with Crippen molar-refractivity contribution in [2.45, 2.75) is 28.4 Å². The van der Waals surface area contributed by atoms with Crippen LogP contribution in [0.1, 0.15) is 12.6 Å². The van der Waals surface area contributed by atoms with Crippen LogP contribution in [0.15, 0.2) is 63.4 Å². The number of rotatable bonds is 5. The monoisotopic (exact) mass is 589 g/mol.